The molecule has 0 aliphatic carbocycles. The van der Waals surface area contributed by atoms with Crippen molar-refractivity contribution < 1.29 is 9.18 Å². The molecule has 2 aromatic carbocycles. The number of benzene rings is 2. The second-order valence-corrected chi connectivity index (χ2v) is 5.52. The summed E-state index contributed by atoms with van der Waals surface area (Å²) in [5.41, 5.74) is 2.44. The Hall–Kier alpha value is -3.28. The monoisotopic (exact) mass is 336 g/mol. The number of carbonyl (C=O) groups excluding carboxylic acids is 1. The van der Waals surface area contributed by atoms with Gasteiger partial charge in [-0.05, 0) is 36.8 Å². The van der Waals surface area contributed by atoms with E-state index in [1.54, 1.807) is 30.3 Å². The molecule has 0 aliphatic rings. The van der Waals surface area contributed by atoms with Gasteiger partial charge in [-0.3, -0.25) is 4.79 Å². The molecule has 0 fully saturated rings. The number of rotatable bonds is 5. The molecule has 5 nitrogen and oxygen atoms in total. The molecule has 1 amide bonds. The average molecular weight is 336 g/mol. The van der Waals surface area contributed by atoms with Gasteiger partial charge in [0.05, 0.1) is 0 Å². The minimum absolute atomic E-state index is 0.208. The largest absolute Gasteiger partial charge is 0.364 e. The first kappa shape index (κ1) is 16.6. The van der Waals surface area contributed by atoms with Crippen molar-refractivity contribution in [2.24, 2.45) is 0 Å². The number of carbonyl (C=O) groups is 1. The number of aromatic nitrogens is 2. The Morgan fingerprint density at radius 2 is 1.76 bits per heavy atom. The van der Waals surface area contributed by atoms with Crippen molar-refractivity contribution in [2.75, 3.05) is 10.6 Å². The van der Waals surface area contributed by atoms with Crippen molar-refractivity contribution in [3.05, 3.63) is 83.3 Å². The van der Waals surface area contributed by atoms with Gasteiger partial charge in [0.1, 0.15) is 11.6 Å². The summed E-state index contributed by atoms with van der Waals surface area (Å²) >= 11 is 0. The van der Waals surface area contributed by atoms with Gasteiger partial charge in [0.2, 0.25) is 0 Å². The second-order valence-electron chi connectivity index (χ2n) is 5.52. The summed E-state index contributed by atoms with van der Waals surface area (Å²) in [7, 11) is 0. The fraction of sp³-hybridized carbons (Fsp3) is 0.105. The molecule has 0 bridgehead atoms. The molecular weight excluding hydrogens is 319 g/mol. The Bertz CT molecular complexity index is 881. The lowest BCUT2D eigenvalue weighted by Crippen LogP contribution is -2.15. The van der Waals surface area contributed by atoms with E-state index in [4.69, 9.17) is 0 Å². The standard InChI is InChI=1S/C19H17FN4O/c1-13-6-2-5-9-16(13)22-19(25)17-10-11-18(24-23-17)21-12-14-7-3-4-8-15(14)20/h2-11H,12H2,1H3,(H,21,24)(H,22,25). The summed E-state index contributed by atoms with van der Waals surface area (Å²) in [5, 5.41) is 13.7. The Balaban J connectivity index is 1.63. The maximum absolute atomic E-state index is 13.6. The molecule has 126 valence electrons. The van der Waals surface area contributed by atoms with Crippen LogP contribution in [-0.4, -0.2) is 16.1 Å². The Kier molecular flexibility index (Phi) is 4.99. The molecule has 0 saturated carbocycles. The van der Waals surface area contributed by atoms with E-state index in [1.165, 1.54) is 6.07 Å². The van der Waals surface area contributed by atoms with E-state index in [0.29, 0.717) is 11.4 Å². The zero-order valence-electron chi connectivity index (χ0n) is 13.7. The van der Waals surface area contributed by atoms with Gasteiger partial charge in [-0.1, -0.05) is 36.4 Å². The van der Waals surface area contributed by atoms with Crippen LogP contribution in [-0.2, 0) is 6.54 Å². The van der Waals surface area contributed by atoms with Crippen LogP contribution in [0.15, 0.2) is 60.7 Å². The predicted molar refractivity (Wildman–Crippen MR) is 94.9 cm³/mol. The van der Waals surface area contributed by atoms with E-state index in [9.17, 15) is 9.18 Å². The Morgan fingerprint density at radius 3 is 2.48 bits per heavy atom. The molecule has 3 aromatic rings. The number of anilines is 2. The summed E-state index contributed by atoms with van der Waals surface area (Å²) in [6, 6.07) is 17.2. The van der Waals surface area contributed by atoms with Gasteiger partial charge >= 0.3 is 0 Å². The highest BCUT2D eigenvalue weighted by Gasteiger charge is 2.10. The van der Waals surface area contributed by atoms with Gasteiger partial charge in [-0.15, -0.1) is 10.2 Å². The summed E-state index contributed by atoms with van der Waals surface area (Å²) in [5.74, 6) is -0.143. The van der Waals surface area contributed by atoms with Gasteiger partial charge in [0.15, 0.2) is 5.69 Å². The number of hydrogen-bond acceptors (Lipinski definition) is 4. The van der Waals surface area contributed by atoms with E-state index in [2.05, 4.69) is 20.8 Å². The SMILES string of the molecule is Cc1ccccc1NC(=O)c1ccc(NCc2ccccc2F)nn1. The third-order valence-corrected chi connectivity index (χ3v) is 3.71. The van der Waals surface area contributed by atoms with Crippen LogP contribution in [0.25, 0.3) is 0 Å². The molecule has 0 saturated heterocycles. The zero-order chi connectivity index (χ0) is 17.6. The van der Waals surface area contributed by atoms with Gasteiger partial charge in [-0.2, -0.15) is 0 Å². The topological polar surface area (TPSA) is 66.9 Å². The summed E-state index contributed by atoms with van der Waals surface area (Å²) in [6.45, 7) is 2.20. The Morgan fingerprint density at radius 1 is 1.00 bits per heavy atom. The van der Waals surface area contributed by atoms with Crippen molar-refractivity contribution in [1.29, 1.82) is 0 Å². The number of amides is 1. The quantitative estimate of drug-likeness (QED) is 0.744. The molecule has 1 heterocycles. The van der Waals surface area contributed by atoms with Crippen LogP contribution in [0, 0.1) is 12.7 Å². The molecule has 0 aliphatic heterocycles. The average Bonchev–Trinajstić information content (AvgIpc) is 2.63. The normalized spacial score (nSPS) is 10.3. The highest BCUT2D eigenvalue weighted by Crippen LogP contribution is 2.14. The maximum Gasteiger partial charge on any atom is 0.276 e. The van der Waals surface area contributed by atoms with Crippen molar-refractivity contribution in [3.8, 4) is 0 Å². The first-order valence-corrected chi connectivity index (χ1v) is 7.81. The van der Waals surface area contributed by atoms with Gasteiger partial charge < -0.3 is 10.6 Å². The van der Waals surface area contributed by atoms with Crippen molar-refractivity contribution in [2.45, 2.75) is 13.5 Å². The van der Waals surface area contributed by atoms with Crippen molar-refractivity contribution >= 4 is 17.4 Å². The van der Waals surface area contributed by atoms with E-state index in [0.717, 1.165) is 11.3 Å². The zero-order valence-corrected chi connectivity index (χ0v) is 13.7. The molecule has 0 spiro atoms. The molecular formula is C19H17FN4O. The van der Waals surface area contributed by atoms with Crippen molar-refractivity contribution in [3.63, 3.8) is 0 Å². The first-order valence-electron chi connectivity index (χ1n) is 7.81. The first-order chi connectivity index (χ1) is 12.1. The third-order valence-electron chi connectivity index (χ3n) is 3.71. The summed E-state index contributed by atoms with van der Waals surface area (Å²) in [4.78, 5) is 12.2. The van der Waals surface area contributed by atoms with Crippen LogP contribution in [0.3, 0.4) is 0 Å². The molecule has 6 heteroatoms. The van der Waals surface area contributed by atoms with E-state index in [-0.39, 0.29) is 24.0 Å². The number of halogens is 1. The van der Waals surface area contributed by atoms with Crippen LogP contribution in [0.4, 0.5) is 15.9 Å². The molecule has 0 atom stereocenters. The van der Waals surface area contributed by atoms with Gasteiger partial charge in [0, 0.05) is 17.8 Å². The number of nitrogens with zero attached hydrogens (tertiary/aromatic N) is 2. The Labute approximate surface area is 144 Å². The number of nitrogens with one attached hydrogen (secondary N) is 2. The number of aryl methyl sites for hydroxylation is 1. The van der Waals surface area contributed by atoms with Gasteiger partial charge in [-0.25, -0.2) is 4.39 Å². The molecule has 1 aromatic heterocycles. The molecule has 2 N–H and O–H groups in total. The smallest absolute Gasteiger partial charge is 0.276 e. The molecule has 25 heavy (non-hydrogen) atoms. The summed E-state index contributed by atoms with van der Waals surface area (Å²) in [6.07, 6.45) is 0. The lowest BCUT2D eigenvalue weighted by molar-refractivity contribution is 0.102. The minimum atomic E-state index is -0.331. The van der Waals surface area contributed by atoms with E-state index in [1.807, 2.05) is 31.2 Å². The lowest BCUT2D eigenvalue weighted by Gasteiger charge is -2.08. The highest BCUT2D eigenvalue weighted by molar-refractivity contribution is 6.03. The number of hydrogen-bond donors (Lipinski definition) is 2. The minimum Gasteiger partial charge on any atom is -0.364 e. The van der Waals surface area contributed by atoms with Crippen LogP contribution < -0.4 is 10.6 Å². The van der Waals surface area contributed by atoms with Crippen LogP contribution in [0.2, 0.25) is 0 Å². The number of para-hydroxylation sites is 1. The fourth-order valence-electron chi connectivity index (χ4n) is 2.27. The van der Waals surface area contributed by atoms with E-state index < -0.39 is 0 Å². The molecule has 3 rings (SSSR count). The van der Waals surface area contributed by atoms with Crippen molar-refractivity contribution in [1.82, 2.24) is 10.2 Å². The highest BCUT2D eigenvalue weighted by atomic mass is 19.1. The van der Waals surface area contributed by atoms with Crippen LogP contribution >= 0.6 is 0 Å². The van der Waals surface area contributed by atoms with E-state index >= 15 is 0 Å². The van der Waals surface area contributed by atoms with Crippen LogP contribution in [0.5, 0.6) is 0 Å². The third kappa shape index (κ3) is 4.17. The molecule has 0 radical (unpaired) electrons. The second kappa shape index (κ2) is 7.53. The predicted octanol–water partition coefficient (Wildman–Crippen LogP) is 3.79. The van der Waals surface area contributed by atoms with Gasteiger partial charge in [0.25, 0.3) is 5.91 Å². The lowest BCUT2D eigenvalue weighted by atomic mass is 10.2. The molecule has 0 unspecified atom stereocenters. The van der Waals surface area contributed by atoms with Crippen LogP contribution in [0.1, 0.15) is 21.6 Å². The fourth-order valence-corrected chi connectivity index (χ4v) is 2.27. The summed E-state index contributed by atoms with van der Waals surface area (Å²) < 4.78 is 13.6. The maximum atomic E-state index is 13.6.